The summed E-state index contributed by atoms with van der Waals surface area (Å²) in [6, 6.07) is 16.9. The molecule has 0 spiro atoms. The first-order chi connectivity index (χ1) is 16.9. The minimum Gasteiger partial charge on any atom is -0.368 e. The van der Waals surface area contributed by atoms with Crippen LogP contribution >= 0.6 is 23.2 Å². The third-order valence-corrected chi connectivity index (χ3v) is 7.26. The highest BCUT2D eigenvalue weighted by atomic mass is 35.5. The van der Waals surface area contributed by atoms with Crippen LogP contribution in [0.25, 0.3) is 28.0 Å². The van der Waals surface area contributed by atoms with Crippen molar-refractivity contribution in [3.63, 3.8) is 0 Å². The Balaban J connectivity index is 1.67. The Labute approximate surface area is 213 Å². The molecule has 1 atom stereocenters. The molecule has 1 aliphatic heterocycles. The van der Waals surface area contributed by atoms with E-state index in [1.54, 1.807) is 6.20 Å². The molecule has 2 aromatic carbocycles. The van der Waals surface area contributed by atoms with Gasteiger partial charge in [0.15, 0.2) is 5.65 Å². The number of carbonyl (C=O) groups excluding carboxylic acids is 1. The lowest BCUT2D eigenvalue weighted by molar-refractivity contribution is -0.125. The fourth-order valence-corrected chi connectivity index (χ4v) is 5.17. The molecule has 0 bridgehead atoms. The number of nitrogens with one attached hydrogen (secondary N) is 2. The Morgan fingerprint density at radius 3 is 2.51 bits per heavy atom. The van der Waals surface area contributed by atoms with Gasteiger partial charge in [0, 0.05) is 22.8 Å². The molecule has 1 saturated heterocycles. The van der Waals surface area contributed by atoms with Gasteiger partial charge in [0.2, 0.25) is 5.91 Å². The molecule has 1 amide bonds. The highest BCUT2D eigenvalue weighted by molar-refractivity contribution is 6.33. The van der Waals surface area contributed by atoms with Crippen LogP contribution in [0.1, 0.15) is 31.5 Å². The average Bonchev–Trinajstić information content (AvgIpc) is 3.24. The van der Waals surface area contributed by atoms with Crippen LogP contribution in [0.5, 0.6) is 0 Å². The zero-order valence-electron chi connectivity index (χ0n) is 19.3. The highest BCUT2D eigenvalue weighted by Crippen LogP contribution is 2.38. The quantitative estimate of drug-likeness (QED) is 0.352. The second-order valence-electron chi connectivity index (χ2n) is 8.88. The topological polar surface area (TPSA) is 97.3 Å². The van der Waals surface area contributed by atoms with Crippen molar-refractivity contribution in [3.8, 4) is 22.4 Å². The van der Waals surface area contributed by atoms with Gasteiger partial charge in [-0.25, -0.2) is 9.50 Å². The van der Waals surface area contributed by atoms with E-state index in [1.165, 1.54) is 0 Å². The molecule has 0 radical (unpaired) electrons. The summed E-state index contributed by atoms with van der Waals surface area (Å²) in [6.07, 6.45) is 3.02. The standard InChI is InChI=1S/C26H26Cl2N6O/c1-16(32-26(25(29)35)11-14-30-15-12-26)21-10-13-31-24-22(17-6-8-18(27)9-7-17)23(33-34(21)24)19-4-2-3-5-20(19)28/h2-10,13,16,30,32H,11-12,14-15H2,1H3,(H2,29,35). The summed E-state index contributed by atoms with van der Waals surface area (Å²) >= 11 is 12.8. The molecule has 3 heterocycles. The number of nitrogens with zero attached hydrogens (tertiary/aromatic N) is 3. The number of piperidine rings is 1. The summed E-state index contributed by atoms with van der Waals surface area (Å²) in [5, 5.41) is 13.1. The second kappa shape index (κ2) is 9.59. The zero-order chi connectivity index (χ0) is 24.6. The lowest BCUT2D eigenvalue weighted by Gasteiger charge is -2.38. The predicted octanol–water partition coefficient (Wildman–Crippen LogP) is 4.63. The third kappa shape index (κ3) is 4.41. The maximum atomic E-state index is 12.5. The Morgan fingerprint density at radius 2 is 1.83 bits per heavy atom. The second-order valence-corrected chi connectivity index (χ2v) is 9.72. The first-order valence-corrected chi connectivity index (χ1v) is 12.3. The van der Waals surface area contributed by atoms with E-state index < -0.39 is 5.54 Å². The van der Waals surface area contributed by atoms with Crippen LogP contribution in [-0.2, 0) is 4.79 Å². The molecule has 0 aliphatic carbocycles. The van der Waals surface area contributed by atoms with Gasteiger partial charge in [-0.05, 0) is 62.7 Å². The van der Waals surface area contributed by atoms with Gasteiger partial charge in [0.25, 0.3) is 0 Å². The zero-order valence-corrected chi connectivity index (χ0v) is 20.8. The van der Waals surface area contributed by atoms with Crippen LogP contribution in [0.15, 0.2) is 60.8 Å². The van der Waals surface area contributed by atoms with Crippen LogP contribution in [0.2, 0.25) is 10.0 Å². The molecular formula is C26H26Cl2N6O. The van der Waals surface area contributed by atoms with E-state index in [1.807, 2.05) is 66.0 Å². The summed E-state index contributed by atoms with van der Waals surface area (Å²) in [4.78, 5) is 17.2. The van der Waals surface area contributed by atoms with Crippen molar-refractivity contribution in [2.45, 2.75) is 31.3 Å². The largest absolute Gasteiger partial charge is 0.368 e. The van der Waals surface area contributed by atoms with E-state index in [-0.39, 0.29) is 11.9 Å². The number of hydrogen-bond acceptors (Lipinski definition) is 5. The Bertz CT molecular complexity index is 1380. The SMILES string of the molecule is CC(NC1(C(N)=O)CCNCC1)c1ccnc2c(-c3ccc(Cl)cc3)c(-c3ccccc3Cl)nn12. The molecule has 4 aromatic rings. The molecule has 5 rings (SSSR count). The molecule has 2 aromatic heterocycles. The van der Waals surface area contributed by atoms with E-state index in [9.17, 15) is 4.79 Å². The van der Waals surface area contributed by atoms with Gasteiger partial charge in [-0.15, -0.1) is 0 Å². The minimum atomic E-state index is -0.780. The number of carbonyl (C=O) groups is 1. The van der Waals surface area contributed by atoms with Gasteiger partial charge < -0.3 is 11.1 Å². The fourth-order valence-electron chi connectivity index (χ4n) is 4.82. The van der Waals surface area contributed by atoms with Crippen molar-refractivity contribution in [2.75, 3.05) is 13.1 Å². The van der Waals surface area contributed by atoms with Crippen molar-refractivity contribution >= 4 is 34.8 Å². The number of primary amides is 1. The van der Waals surface area contributed by atoms with Gasteiger partial charge in [0.05, 0.1) is 16.3 Å². The van der Waals surface area contributed by atoms with Gasteiger partial charge in [-0.1, -0.05) is 53.5 Å². The molecular weight excluding hydrogens is 483 g/mol. The fraction of sp³-hybridized carbons (Fsp3) is 0.269. The molecule has 9 heteroatoms. The normalized spacial score (nSPS) is 16.3. The molecule has 7 nitrogen and oxygen atoms in total. The van der Waals surface area contributed by atoms with Crippen LogP contribution in [0.4, 0.5) is 0 Å². The number of rotatable bonds is 6. The molecule has 1 fully saturated rings. The third-order valence-electron chi connectivity index (χ3n) is 6.67. The van der Waals surface area contributed by atoms with E-state index >= 15 is 0 Å². The molecule has 0 saturated carbocycles. The molecule has 4 N–H and O–H groups in total. The lowest BCUT2D eigenvalue weighted by Crippen LogP contribution is -2.60. The minimum absolute atomic E-state index is 0.219. The Kier molecular flexibility index (Phi) is 6.51. The van der Waals surface area contributed by atoms with Crippen molar-refractivity contribution in [1.82, 2.24) is 25.2 Å². The van der Waals surface area contributed by atoms with Crippen molar-refractivity contribution in [1.29, 1.82) is 0 Å². The first kappa shape index (κ1) is 23.8. The molecule has 180 valence electrons. The van der Waals surface area contributed by atoms with Gasteiger partial charge >= 0.3 is 0 Å². The number of nitrogens with two attached hydrogens (primary N) is 1. The summed E-state index contributed by atoms with van der Waals surface area (Å²) < 4.78 is 1.83. The summed E-state index contributed by atoms with van der Waals surface area (Å²) in [7, 11) is 0. The summed E-state index contributed by atoms with van der Waals surface area (Å²) in [5.74, 6) is -0.338. The monoisotopic (exact) mass is 508 g/mol. The molecule has 35 heavy (non-hydrogen) atoms. The smallest absolute Gasteiger partial charge is 0.237 e. The van der Waals surface area contributed by atoms with Crippen LogP contribution in [0, 0.1) is 0 Å². The number of halogens is 2. The van der Waals surface area contributed by atoms with E-state index in [2.05, 4.69) is 10.6 Å². The van der Waals surface area contributed by atoms with Gasteiger partial charge in [-0.3, -0.25) is 10.1 Å². The number of benzene rings is 2. The Hall–Kier alpha value is -2.97. The average molecular weight is 509 g/mol. The number of amides is 1. The number of fused-ring (bicyclic) bond motifs is 1. The lowest BCUT2D eigenvalue weighted by atomic mass is 9.86. The van der Waals surface area contributed by atoms with Crippen LogP contribution in [-0.4, -0.2) is 39.1 Å². The Morgan fingerprint density at radius 1 is 1.11 bits per heavy atom. The predicted molar refractivity (Wildman–Crippen MR) is 139 cm³/mol. The van der Waals surface area contributed by atoms with E-state index in [4.69, 9.17) is 39.0 Å². The van der Waals surface area contributed by atoms with Crippen molar-refractivity contribution < 1.29 is 4.79 Å². The number of hydrogen-bond donors (Lipinski definition) is 3. The molecule has 1 aliphatic rings. The first-order valence-electron chi connectivity index (χ1n) is 11.6. The van der Waals surface area contributed by atoms with E-state index in [0.717, 1.165) is 41.2 Å². The molecule has 1 unspecified atom stereocenters. The van der Waals surface area contributed by atoms with Crippen molar-refractivity contribution in [2.24, 2.45) is 5.73 Å². The van der Waals surface area contributed by atoms with Gasteiger partial charge in [-0.2, -0.15) is 5.10 Å². The maximum absolute atomic E-state index is 12.5. The maximum Gasteiger partial charge on any atom is 0.237 e. The van der Waals surface area contributed by atoms with Gasteiger partial charge in [0.1, 0.15) is 11.2 Å². The summed E-state index contributed by atoms with van der Waals surface area (Å²) in [5.41, 5.74) is 9.94. The highest BCUT2D eigenvalue weighted by Gasteiger charge is 2.39. The summed E-state index contributed by atoms with van der Waals surface area (Å²) in [6.45, 7) is 3.47. The van der Waals surface area contributed by atoms with Crippen LogP contribution < -0.4 is 16.4 Å². The van der Waals surface area contributed by atoms with Crippen molar-refractivity contribution in [3.05, 3.63) is 76.5 Å². The van der Waals surface area contributed by atoms with E-state index in [0.29, 0.717) is 28.5 Å². The van der Waals surface area contributed by atoms with Crippen LogP contribution in [0.3, 0.4) is 0 Å². The number of aromatic nitrogens is 3.